The van der Waals surface area contributed by atoms with E-state index in [2.05, 4.69) is 10.3 Å². The fraction of sp³-hybridized carbons (Fsp3) is 0.167. The van der Waals surface area contributed by atoms with E-state index in [-0.39, 0.29) is 17.3 Å². The molecule has 0 bridgehead atoms. The Morgan fingerprint density at radius 3 is 2.95 bits per heavy atom. The molecule has 110 valence electrons. The van der Waals surface area contributed by atoms with E-state index in [4.69, 9.17) is 11.6 Å². The molecule has 9 heteroatoms. The van der Waals surface area contributed by atoms with Gasteiger partial charge in [0.25, 0.3) is 5.91 Å². The molecule has 0 saturated heterocycles. The smallest absolute Gasteiger partial charge is 0.319 e. The zero-order valence-electron chi connectivity index (χ0n) is 10.5. The van der Waals surface area contributed by atoms with Crippen LogP contribution in [0.4, 0.5) is 5.69 Å². The van der Waals surface area contributed by atoms with Crippen molar-refractivity contribution in [3.8, 4) is 0 Å². The number of aliphatic hydroxyl groups is 1. The highest BCUT2D eigenvalue weighted by Crippen LogP contribution is 2.26. The van der Waals surface area contributed by atoms with Gasteiger partial charge in [0.05, 0.1) is 11.0 Å². The highest BCUT2D eigenvalue weighted by atomic mass is 35.5. The highest BCUT2D eigenvalue weighted by Gasteiger charge is 2.25. The van der Waals surface area contributed by atoms with Gasteiger partial charge in [-0.1, -0.05) is 11.6 Å². The molecule has 0 aliphatic rings. The van der Waals surface area contributed by atoms with Gasteiger partial charge in [-0.3, -0.25) is 14.9 Å². The summed E-state index contributed by atoms with van der Waals surface area (Å²) in [5.41, 5.74) is -0.0817. The van der Waals surface area contributed by atoms with Crippen molar-refractivity contribution in [2.75, 3.05) is 6.54 Å². The van der Waals surface area contributed by atoms with Crippen LogP contribution >= 0.6 is 22.9 Å². The minimum atomic E-state index is -0.878. The van der Waals surface area contributed by atoms with E-state index in [1.165, 1.54) is 23.6 Å². The van der Waals surface area contributed by atoms with E-state index in [9.17, 15) is 20.0 Å². The van der Waals surface area contributed by atoms with E-state index >= 15 is 0 Å². The fourth-order valence-corrected chi connectivity index (χ4v) is 2.59. The predicted molar refractivity (Wildman–Crippen MR) is 77.5 cm³/mol. The highest BCUT2D eigenvalue weighted by molar-refractivity contribution is 7.07. The van der Waals surface area contributed by atoms with Gasteiger partial charge in [-0.2, -0.15) is 11.3 Å². The molecule has 2 aromatic rings. The Bertz CT molecular complexity index is 663. The topological polar surface area (TPSA) is 105 Å². The van der Waals surface area contributed by atoms with Gasteiger partial charge < -0.3 is 10.4 Å². The largest absolute Gasteiger partial charge is 0.387 e. The van der Waals surface area contributed by atoms with Crippen molar-refractivity contribution in [2.24, 2.45) is 0 Å². The van der Waals surface area contributed by atoms with E-state index < -0.39 is 22.6 Å². The molecule has 7 nitrogen and oxygen atoms in total. The maximum absolute atomic E-state index is 12.0. The molecule has 1 atom stereocenters. The number of aliphatic hydroxyl groups excluding tert-OH is 1. The van der Waals surface area contributed by atoms with Crippen LogP contribution in [-0.4, -0.2) is 27.5 Å². The molecule has 0 aliphatic carbocycles. The van der Waals surface area contributed by atoms with Gasteiger partial charge >= 0.3 is 5.69 Å². The molecule has 0 radical (unpaired) electrons. The molecule has 0 aliphatic heterocycles. The molecule has 0 saturated carbocycles. The predicted octanol–water partition coefficient (Wildman–Crippen LogP) is 2.17. The molecule has 0 spiro atoms. The molecule has 2 N–H and O–H groups in total. The van der Waals surface area contributed by atoms with Crippen LogP contribution in [0.1, 0.15) is 22.0 Å². The first-order valence-electron chi connectivity index (χ1n) is 5.78. The molecule has 0 fully saturated rings. The summed E-state index contributed by atoms with van der Waals surface area (Å²) in [5.74, 6) is -0.694. The fourth-order valence-electron chi connectivity index (χ4n) is 1.65. The van der Waals surface area contributed by atoms with E-state index in [1.54, 1.807) is 16.8 Å². The van der Waals surface area contributed by atoms with Crippen molar-refractivity contribution in [1.29, 1.82) is 0 Å². The normalized spacial score (nSPS) is 11.9. The Labute approximate surface area is 128 Å². The van der Waals surface area contributed by atoms with Crippen LogP contribution in [0.3, 0.4) is 0 Å². The van der Waals surface area contributed by atoms with Crippen LogP contribution in [0.2, 0.25) is 5.15 Å². The summed E-state index contributed by atoms with van der Waals surface area (Å²) in [6, 6.07) is 2.93. The monoisotopic (exact) mass is 327 g/mol. The van der Waals surface area contributed by atoms with E-state index in [0.717, 1.165) is 0 Å². The average Bonchev–Trinajstić information content (AvgIpc) is 2.97. The number of amides is 1. The number of carbonyl (C=O) groups is 1. The molecular weight excluding hydrogens is 318 g/mol. The summed E-state index contributed by atoms with van der Waals surface area (Å²) in [6.45, 7) is -0.0628. The number of aromatic nitrogens is 1. The number of nitro groups is 1. The van der Waals surface area contributed by atoms with Crippen LogP contribution in [0.5, 0.6) is 0 Å². The molecule has 2 rings (SSSR count). The van der Waals surface area contributed by atoms with Crippen LogP contribution in [0.15, 0.2) is 29.1 Å². The van der Waals surface area contributed by atoms with Gasteiger partial charge in [0.2, 0.25) is 5.15 Å². The van der Waals surface area contributed by atoms with Gasteiger partial charge in [-0.15, -0.1) is 0 Å². The third-order valence-electron chi connectivity index (χ3n) is 2.69. The molecule has 2 aromatic heterocycles. The number of nitrogens with zero attached hydrogens (tertiary/aromatic N) is 2. The first-order valence-corrected chi connectivity index (χ1v) is 7.10. The number of rotatable bonds is 5. The number of carbonyl (C=O) groups excluding carboxylic acids is 1. The lowest BCUT2D eigenvalue weighted by molar-refractivity contribution is -0.385. The van der Waals surface area contributed by atoms with E-state index in [1.807, 2.05) is 0 Å². The summed E-state index contributed by atoms with van der Waals surface area (Å²) >= 11 is 7.05. The zero-order chi connectivity index (χ0) is 15.4. The van der Waals surface area contributed by atoms with Crippen molar-refractivity contribution in [2.45, 2.75) is 6.10 Å². The number of nitrogens with one attached hydrogen (secondary N) is 1. The first kappa shape index (κ1) is 15.4. The van der Waals surface area contributed by atoms with Gasteiger partial charge in [-0.25, -0.2) is 4.98 Å². The number of halogens is 1. The van der Waals surface area contributed by atoms with Gasteiger partial charge in [0.15, 0.2) is 0 Å². The quantitative estimate of drug-likeness (QED) is 0.497. The summed E-state index contributed by atoms with van der Waals surface area (Å²) in [5, 5.41) is 26.4. The van der Waals surface area contributed by atoms with E-state index in [0.29, 0.717) is 5.56 Å². The standard InChI is InChI=1S/C12H10ClN3O4S/c13-11-10(16(19)20)8(1-3-14-11)12(18)15-5-9(17)7-2-4-21-6-7/h1-4,6,9,17H,5H2,(H,15,18). The summed E-state index contributed by atoms with van der Waals surface area (Å²) in [4.78, 5) is 25.7. The number of hydrogen-bond donors (Lipinski definition) is 2. The third kappa shape index (κ3) is 3.54. The molecule has 1 amide bonds. The summed E-state index contributed by atoms with van der Waals surface area (Å²) in [7, 11) is 0. The maximum Gasteiger partial charge on any atom is 0.319 e. The van der Waals surface area contributed by atoms with Gasteiger partial charge in [0.1, 0.15) is 5.56 Å². The Hall–Kier alpha value is -2.03. The van der Waals surface area contributed by atoms with Crippen molar-refractivity contribution in [3.63, 3.8) is 0 Å². The molecule has 21 heavy (non-hydrogen) atoms. The number of hydrogen-bond acceptors (Lipinski definition) is 6. The Morgan fingerprint density at radius 2 is 2.33 bits per heavy atom. The second kappa shape index (κ2) is 6.61. The molecular formula is C12H10ClN3O4S. The SMILES string of the molecule is O=C(NCC(O)c1ccsc1)c1ccnc(Cl)c1[N+](=O)[O-]. The lowest BCUT2D eigenvalue weighted by atomic mass is 10.2. The first-order chi connectivity index (χ1) is 10.0. The molecule has 2 heterocycles. The zero-order valence-corrected chi connectivity index (χ0v) is 12.1. The van der Waals surface area contributed by atoms with Crippen molar-refractivity contribution in [3.05, 3.63) is 55.5 Å². The number of pyridine rings is 1. The Morgan fingerprint density at radius 1 is 1.57 bits per heavy atom. The maximum atomic E-state index is 12.0. The lowest BCUT2D eigenvalue weighted by Gasteiger charge is -2.10. The molecule has 1 unspecified atom stereocenters. The van der Waals surface area contributed by atoms with Crippen molar-refractivity contribution < 1.29 is 14.8 Å². The second-order valence-electron chi connectivity index (χ2n) is 4.04. The van der Waals surface area contributed by atoms with Crippen LogP contribution in [0, 0.1) is 10.1 Å². The third-order valence-corrected chi connectivity index (χ3v) is 3.67. The Balaban J connectivity index is 2.11. The Kier molecular flexibility index (Phi) is 4.84. The van der Waals surface area contributed by atoms with Crippen LogP contribution in [0.25, 0.3) is 0 Å². The molecule has 0 aromatic carbocycles. The summed E-state index contributed by atoms with van der Waals surface area (Å²) in [6.07, 6.45) is 0.330. The lowest BCUT2D eigenvalue weighted by Crippen LogP contribution is -2.28. The van der Waals surface area contributed by atoms with Crippen LogP contribution < -0.4 is 5.32 Å². The second-order valence-corrected chi connectivity index (χ2v) is 5.18. The summed E-state index contributed by atoms with van der Waals surface area (Å²) < 4.78 is 0. The number of thiophene rings is 1. The van der Waals surface area contributed by atoms with Crippen LogP contribution in [-0.2, 0) is 0 Å². The van der Waals surface area contributed by atoms with Crippen molar-refractivity contribution in [1.82, 2.24) is 10.3 Å². The van der Waals surface area contributed by atoms with Gasteiger partial charge in [0, 0.05) is 12.7 Å². The minimum Gasteiger partial charge on any atom is -0.387 e. The van der Waals surface area contributed by atoms with Crippen molar-refractivity contribution >= 4 is 34.5 Å². The average molecular weight is 328 g/mol. The van der Waals surface area contributed by atoms with Gasteiger partial charge in [-0.05, 0) is 28.5 Å². The minimum absolute atomic E-state index is 0.0628.